The van der Waals surface area contributed by atoms with E-state index in [4.69, 9.17) is 0 Å². The van der Waals surface area contributed by atoms with Crippen molar-refractivity contribution >= 4 is 53.8 Å². The predicted octanol–water partition coefficient (Wildman–Crippen LogP) is 4.02. The van der Waals surface area contributed by atoms with Gasteiger partial charge in [0.25, 0.3) is 5.91 Å². The fraction of sp³-hybridized carbons (Fsp3) is 0.412. The Morgan fingerprint density at radius 2 is 2.08 bits per heavy atom. The molecular weight excluding hydrogens is 397 g/mol. The van der Waals surface area contributed by atoms with Gasteiger partial charge in [-0.05, 0) is 38.1 Å². The standard InChI is InChI=1S/C17H21N3OS2.2ClH/c1-12-9-18-7-8-20(12)17(21)14-3-5-16(6-4-14)23-11-15-10-22-13(2)19-15;;/h3-6,10,12,18H,7-9,11H2,1-2H3;2*1H/t12-;;/m1../s1. The maximum Gasteiger partial charge on any atom is 0.254 e. The number of hydrogen-bond acceptors (Lipinski definition) is 5. The number of benzene rings is 1. The number of hydrogen-bond donors (Lipinski definition) is 1. The smallest absolute Gasteiger partial charge is 0.254 e. The molecule has 8 heteroatoms. The van der Waals surface area contributed by atoms with Crippen LogP contribution in [0.5, 0.6) is 0 Å². The van der Waals surface area contributed by atoms with Crippen LogP contribution in [0.25, 0.3) is 0 Å². The van der Waals surface area contributed by atoms with Crippen LogP contribution in [0, 0.1) is 6.92 Å². The second-order valence-corrected chi connectivity index (χ2v) is 7.83. The van der Waals surface area contributed by atoms with Gasteiger partial charge in [-0.1, -0.05) is 0 Å². The molecule has 138 valence electrons. The molecule has 0 saturated carbocycles. The number of thioether (sulfide) groups is 1. The number of carbonyl (C=O) groups excluding carboxylic acids is 1. The summed E-state index contributed by atoms with van der Waals surface area (Å²) < 4.78 is 0. The zero-order chi connectivity index (χ0) is 16.2. The highest BCUT2D eigenvalue weighted by Gasteiger charge is 2.23. The van der Waals surface area contributed by atoms with Crippen molar-refractivity contribution in [2.45, 2.75) is 30.5 Å². The summed E-state index contributed by atoms with van der Waals surface area (Å²) >= 11 is 3.43. The first-order chi connectivity index (χ1) is 11.1. The van der Waals surface area contributed by atoms with Crippen LogP contribution in [0.4, 0.5) is 0 Å². The van der Waals surface area contributed by atoms with Crippen LogP contribution in [-0.4, -0.2) is 41.5 Å². The Kier molecular flexibility index (Phi) is 9.24. The molecule has 1 amide bonds. The number of nitrogens with zero attached hydrogens (tertiary/aromatic N) is 2. The van der Waals surface area contributed by atoms with E-state index < -0.39 is 0 Å². The molecule has 1 fully saturated rings. The van der Waals surface area contributed by atoms with Gasteiger partial charge in [0.2, 0.25) is 0 Å². The van der Waals surface area contributed by atoms with Gasteiger partial charge in [0.15, 0.2) is 0 Å². The highest BCUT2D eigenvalue weighted by atomic mass is 35.5. The van der Waals surface area contributed by atoms with E-state index in [1.807, 2.05) is 36.1 Å². The molecule has 1 aromatic carbocycles. The van der Waals surface area contributed by atoms with Crippen LogP contribution in [0.1, 0.15) is 28.0 Å². The third-order valence-corrected chi connectivity index (χ3v) is 5.78. The number of nitrogens with one attached hydrogen (secondary N) is 1. The third kappa shape index (κ3) is 5.86. The average Bonchev–Trinajstić information content (AvgIpc) is 2.99. The van der Waals surface area contributed by atoms with Crippen LogP contribution in [0.3, 0.4) is 0 Å². The lowest BCUT2D eigenvalue weighted by Crippen LogP contribution is -2.52. The number of carbonyl (C=O) groups is 1. The average molecular weight is 420 g/mol. The molecule has 0 spiro atoms. The predicted molar refractivity (Wildman–Crippen MR) is 111 cm³/mol. The molecule has 1 atom stereocenters. The summed E-state index contributed by atoms with van der Waals surface area (Å²) in [6, 6.07) is 8.18. The zero-order valence-electron chi connectivity index (χ0n) is 14.2. The van der Waals surface area contributed by atoms with E-state index in [9.17, 15) is 4.79 Å². The lowest BCUT2D eigenvalue weighted by atomic mass is 10.1. The number of piperazine rings is 1. The molecule has 1 N–H and O–H groups in total. The maximum atomic E-state index is 12.6. The Balaban J connectivity index is 0.00000156. The van der Waals surface area contributed by atoms with Crippen molar-refractivity contribution in [2.24, 2.45) is 0 Å². The van der Waals surface area contributed by atoms with E-state index in [0.29, 0.717) is 0 Å². The molecule has 25 heavy (non-hydrogen) atoms. The van der Waals surface area contributed by atoms with Crippen molar-refractivity contribution in [1.29, 1.82) is 0 Å². The van der Waals surface area contributed by atoms with Crippen molar-refractivity contribution in [3.63, 3.8) is 0 Å². The summed E-state index contributed by atoms with van der Waals surface area (Å²) in [5, 5.41) is 6.52. The molecule has 0 radical (unpaired) electrons. The van der Waals surface area contributed by atoms with E-state index in [1.54, 1.807) is 23.1 Å². The number of rotatable bonds is 4. The summed E-state index contributed by atoms with van der Waals surface area (Å²) in [5.74, 6) is 0.998. The Labute approximate surface area is 169 Å². The van der Waals surface area contributed by atoms with E-state index in [1.165, 1.54) is 4.90 Å². The number of aryl methyl sites for hydroxylation is 1. The van der Waals surface area contributed by atoms with E-state index in [0.717, 1.165) is 41.7 Å². The number of thiazole rings is 1. The fourth-order valence-corrected chi connectivity index (χ4v) is 4.14. The SMILES string of the molecule is Cc1nc(CSc2ccc(C(=O)N3CCNC[C@H]3C)cc2)cs1.Cl.Cl. The normalized spacial score (nSPS) is 16.7. The minimum absolute atomic E-state index is 0. The largest absolute Gasteiger partial charge is 0.333 e. The number of aromatic nitrogens is 1. The van der Waals surface area contributed by atoms with E-state index in [-0.39, 0.29) is 36.8 Å². The van der Waals surface area contributed by atoms with Gasteiger partial charge in [0, 0.05) is 47.3 Å². The monoisotopic (exact) mass is 419 g/mol. The molecule has 0 unspecified atom stereocenters. The van der Waals surface area contributed by atoms with Crippen molar-refractivity contribution in [3.8, 4) is 0 Å². The van der Waals surface area contributed by atoms with Gasteiger partial charge < -0.3 is 10.2 Å². The zero-order valence-corrected chi connectivity index (χ0v) is 17.5. The molecule has 3 rings (SSSR count). The first kappa shape index (κ1) is 22.3. The van der Waals surface area contributed by atoms with Crippen molar-refractivity contribution in [1.82, 2.24) is 15.2 Å². The Morgan fingerprint density at radius 3 is 2.68 bits per heavy atom. The summed E-state index contributed by atoms with van der Waals surface area (Å²) in [6.07, 6.45) is 0. The molecule has 1 aliphatic heterocycles. The lowest BCUT2D eigenvalue weighted by molar-refractivity contribution is 0.0655. The van der Waals surface area contributed by atoms with E-state index >= 15 is 0 Å². The topological polar surface area (TPSA) is 45.2 Å². The highest BCUT2D eigenvalue weighted by molar-refractivity contribution is 7.98. The van der Waals surface area contributed by atoms with E-state index in [2.05, 4.69) is 22.6 Å². The molecule has 0 aliphatic carbocycles. The molecule has 2 aromatic rings. The molecule has 1 aliphatic rings. The Hall–Kier alpha value is -0.790. The molecule has 2 heterocycles. The van der Waals surface area contributed by atoms with Gasteiger partial charge in [0.1, 0.15) is 0 Å². The second-order valence-electron chi connectivity index (χ2n) is 5.72. The summed E-state index contributed by atoms with van der Waals surface area (Å²) in [5.41, 5.74) is 1.89. The first-order valence-electron chi connectivity index (χ1n) is 7.79. The Bertz CT molecular complexity index is 679. The summed E-state index contributed by atoms with van der Waals surface area (Å²) in [4.78, 5) is 20.2. The molecule has 4 nitrogen and oxygen atoms in total. The quantitative estimate of drug-likeness (QED) is 0.759. The highest BCUT2D eigenvalue weighted by Crippen LogP contribution is 2.24. The van der Waals surface area contributed by atoms with Gasteiger partial charge in [0.05, 0.1) is 10.7 Å². The molecule has 0 bridgehead atoms. The van der Waals surface area contributed by atoms with Gasteiger partial charge in [-0.15, -0.1) is 47.9 Å². The van der Waals surface area contributed by atoms with Gasteiger partial charge >= 0.3 is 0 Å². The van der Waals surface area contributed by atoms with Gasteiger partial charge in [-0.25, -0.2) is 4.98 Å². The third-order valence-electron chi connectivity index (χ3n) is 3.92. The lowest BCUT2D eigenvalue weighted by Gasteiger charge is -2.34. The minimum atomic E-state index is 0. The van der Waals surface area contributed by atoms with Crippen LogP contribution in [0.2, 0.25) is 0 Å². The Morgan fingerprint density at radius 1 is 1.36 bits per heavy atom. The van der Waals surface area contributed by atoms with Crippen molar-refractivity contribution < 1.29 is 4.79 Å². The number of halogens is 2. The van der Waals surface area contributed by atoms with Gasteiger partial charge in [-0.2, -0.15) is 0 Å². The summed E-state index contributed by atoms with van der Waals surface area (Å²) in [7, 11) is 0. The maximum absolute atomic E-state index is 12.6. The van der Waals surface area contributed by atoms with Crippen LogP contribution in [-0.2, 0) is 5.75 Å². The van der Waals surface area contributed by atoms with Crippen LogP contribution in [0.15, 0.2) is 34.5 Å². The fourth-order valence-electron chi connectivity index (χ4n) is 2.63. The van der Waals surface area contributed by atoms with Crippen LogP contribution < -0.4 is 5.32 Å². The van der Waals surface area contributed by atoms with Crippen molar-refractivity contribution in [2.75, 3.05) is 19.6 Å². The molecular formula is C17H23Cl2N3OS2. The molecule has 1 saturated heterocycles. The van der Waals surface area contributed by atoms with Crippen molar-refractivity contribution in [3.05, 3.63) is 45.9 Å². The van der Waals surface area contributed by atoms with Crippen LogP contribution >= 0.6 is 47.9 Å². The minimum Gasteiger partial charge on any atom is -0.333 e. The number of amides is 1. The van der Waals surface area contributed by atoms with Gasteiger partial charge in [-0.3, -0.25) is 4.79 Å². The summed E-state index contributed by atoms with van der Waals surface area (Å²) in [6.45, 7) is 6.63. The molecule has 1 aromatic heterocycles. The first-order valence-corrected chi connectivity index (χ1v) is 9.65. The second kappa shape index (κ2) is 10.4.